The van der Waals surface area contributed by atoms with Gasteiger partial charge in [-0.2, -0.15) is 0 Å². The normalized spacial score (nSPS) is 10.5. The minimum Gasteiger partial charge on any atom is -0.443 e. The summed E-state index contributed by atoms with van der Waals surface area (Å²) in [7, 11) is 0. The zero-order chi connectivity index (χ0) is 16.2. The molecule has 0 fully saturated rings. The highest BCUT2D eigenvalue weighted by molar-refractivity contribution is 6.06. The minimum atomic E-state index is -0.357. The Hall–Kier alpha value is -2.92. The van der Waals surface area contributed by atoms with E-state index in [0.717, 1.165) is 16.7 Å². The van der Waals surface area contributed by atoms with Crippen LogP contribution in [0, 0.1) is 6.92 Å². The van der Waals surface area contributed by atoms with Crippen LogP contribution in [0.15, 0.2) is 59.3 Å². The zero-order valence-corrected chi connectivity index (χ0v) is 12.6. The number of nitrogens with zero attached hydrogens (tertiary/aromatic N) is 1. The van der Waals surface area contributed by atoms with Crippen molar-refractivity contribution in [2.45, 2.75) is 13.5 Å². The first-order valence-electron chi connectivity index (χ1n) is 7.19. The number of oxazole rings is 1. The van der Waals surface area contributed by atoms with Crippen molar-refractivity contribution in [3.8, 4) is 11.3 Å². The summed E-state index contributed by atoms with van der Waals surface area (Å²) in [6.07, 6.45) is 1.26. The molecule has 5 heteroatoms. The second-order valence-electron chi connectivity index (χ2n) is 5.21. The average molecular weight is 308 g/mol. The molecule has 0 aliphatic rings. The molecule has 0 unspecified atom stereocenters. The molecule has 0 bridgehead atoms. The highest BCUT2D eigenvalue weighted by Crippen LogP contribution is 2.24. The Bertz CT molecular complexity index is 822. The van der Waals surface area contributed by atoms with Crippen LogP contribution in [0.5, 0.6) is 0 Å². The summed E-state index contributed by atoms with van der Waals surface area (Å²) in [5, 5.41) is 11.9. The van der Waals surface area contributed by atoms with Crippen LogP contribution in [0.1, 0.15) is 21.6 Å². The van der Waals surface area contributed by atoms with E-state index in [9.17, 15) is 4.79 Å². The second kappa shape index (κ2) is 6.46. The molecule has 0 saturated heterocycles. The number of carbonyl (C=O) groups excluding carboxylic acids is 1. The van der Waals surface area contributed by atoms with Gasteiger partial charge in [0.15, 0.2) is 17.8 Å². The van der Waals surface area contributed by atoms with E-state index in [1.165, 1.54) is 6.39 Å². The number of rotatable bonds is 4. The maximum absolute atomic E-state index is 12.4. The molecular formula is C18H16N2O3. The van der Waals surface area contributed by atoms with E-state index in [0.29, 0.717) is 11.4 Å². The molecule has 2 N–H and O–H groups in total. The van der Waals surface area contributed by atoms with Gasteiger partial charge in [0, 0.05) is 11.3 Å². The van der Waals surface area contributed by atoms with E-state index in [4.69, 9.17) is 9.52 Å². The summed E-state index contributed by atoms with van der Waals surface area (Å²) in [6.45, 7) is 1.91. The highest BCUT2D eigenvalue weighted by atomic mass is 16.3. The van der Waals surface area contributed by atoms with Gasteiger partial charge in [0.25, 0.3) is 5.91 Å². The molecule has 116 valence electrons. The van der Waals surface area contributed by atoms with Gasteiger partial charge in [-0.25, -0.2) is 4.98 Å². The molecule has 0 spiro atoms. The van der Waals surface area contributed by atoms with Crippen LogP contribution in [0.25, 0.3) is 11.3 Å². The average Bonchev–Trinajstić information content (AvgIpc) is 3.05. The monoisotopic (exact) mass is 308 g/mol. The van der Waals surface area contributed by atoms with Crippen molar-refractivity contribution in [3.63, 3.8) is 0 Å². The summed E-state index contributed by atoms with van der Waals surface area (Å²) in [5.74, 6) is 0.0743. The molecule has 1 aromatic heterocycles. The van der Waals surface area contributed by atoms with Gasteiger partial charge in [0.1, 0.15) is 0 Å². The van der Waals surface area contributed by atoms with Crippen LogP contribution in [-0.4, -0.2) is 16.0 Å². The van der Waals surface area contributed by atoms with Crippen LogP contribution >= 0.6 is 0 Å². The summed E-state index contributed by atoms with van der Waals surface area (Å²) >= 11 is 0. The Morgan fingerprint density at radius 2 is 2.00 bits per heavy atom. The van der Waals surface area contributed by atoms with Crippen molar-refractivity contribution in [2.75, 3.05) is 5.32 Å². The maximum Gasteiger partial charge on any atom is 0.278 e. The molecule has 5 nitrogen and oxygen atoms in total. The number of hydrogen-bond donors (Lipinski definition) is 2. The molecule has 2 aromatic carbocycles. The molecule has 3 aromatic rings. The van der Waals surface area contributed by atoms with Gasteiger partial charge < -0.3 is 14.8 Å². The number of aryl methyl sites for hydroxylation is 1. The Morgan fingerprint density at radius 1 is 1.22 bits per heavy atom. The first kappa shape index (κ1) is 15.0. The second-order valence-corrected chi connectivity index (χ2v) is 5.21. The first-order valence-corrected chi connectivity index (χ1v) is 7.19. The maximum atomic E-state index is 12.4. The number of aliphatic hydroxyl groups is 1. The van der Waals surface area contributed by atoms with Crippen LogP contribution < -0.4 is 5.32 Å². The number of nitrogens with one attached hydrogen (secondary N) is 1. The number of anilines is 1. The molecular weight excluding hydrogens is 292 g/mol. The first-order chi connectivity index (χ1) is 11.2. The SMILES string of the molecule is Cc1ccc(-c2ocnc2C(=O)Nc2cccc(CO)c2)cc1. The quantitative estimate of drug-likeness (QED) is 0.774. The van der Waals surface area contributed by atoms with Gasteiger partial charge in [-0.15, -0.1) is 0 Å². The minimum absolute atomic E-state index is 0.0811. The van der Waals surface area contributed by atoms with E-state index in [2.05, 4.69) is 10.3 Å². The van der Waals surface area contributed by atoms with Gasteiger partial charge in [-0.05, 0) is 24.6 Å². The summed E-state index contributed by atoms with van der Waals surface area (Å²) in [5.41, 5.74) is 3.46. The molecule has 1 heterocycles. The van der Waals surface area contributed by atoms with Crippen molar-refractivity contribution >= 4 is 11.6 Å². The highest BCUT2D eigenvalue weighted by Gasteiger charge is 2.18. The fraction of sp³-hybridized carbons (Fsp3) is 0.111. The zero-order valence-electron chi connectivity index (χ0n) is 12.6. The summed E-state index contributed by atoms with van der Waals surface area (Å²) in [6, 6.07) is 14.7. The fourth-order valence-electron chi connectivity index (χ4n) is 2.26. The molecule has 0 radical (unpaired) electrons. The van der Waals surface area contributed by atoms with E-state index in [1.807, 2.05) is 31.2 Å². The van der Waals surface area contributed by atoms with Crippen molar-refractivity contribution in [1.82, 2.24) is 4.98 Å². The fourth-order valence-corrected chi connectivity index (χ4v) is 2.26. The van der Waals surface area contributed by atoms with Gasteiger partial charge in [-0.3, -0.25) is 4.79 Å². The number of amides is 1. The summed E-state index contributed by atoms with van der Waals surface area (Å²) in [4.78, 5) is 16.5. The standard InChI is InChI=1S/C18H16N2O3/c1-12-5-7-14(8-6-12)17-16(19-11-23-17)18(22)20-15-4-2-3-13(9-15)10-21/h2-9,11,21H,10H2,1H3,(H,20,22). The molecule has 23 heavy (non-hydrogen) atoms. The number of hydrogen-bond acceptors (Lipinski definition) is 4. The largest absolute Gasteiger partial charge is 0.443 e. The molecule has 1 amide bonds. The Kier molecular flexibility index (Phi) is 4.21. The molecule has 0 saturated carbocycles. The molecule has 0 aliphatic heterocycles. The van der Waals surface area contributed by atoms with Crippen molar-refractivity contribution in [3.05, 3.63) is 71.7 Å². The van der Waals surface area contributed by atoms with Crippen molar-refractivity contribution in [2.24, 2.45) is 0 Å². The Balaban J connectivity index is 1.86. The van der Waals surface area contributed by atoms with Crippen LogP contribution in [0.3, 0.4) is 0 Å². The molecule has 3 rings (SSSR count). The topological polar surface area (TPSA) is 75.4 Å². The van der Waals surface area contributed by atoms with Crippen LogP contribution in [0.2, 0.25) is 0 Å². The predicted octanol–water partition coefficient (Wildman–Crippen LogP) is 3.39. The number of aromatic nitrogens is 1. The van der Waals surface area contributed by atoms with Crippen LogP contribution in [0.4, 0.5) is 5.69 Å². The smallest absolute Gasteiger partial charge is 0.278 e. The third-order valence-electron chi connectivity index (χ3n) is 3.46. The number of carbonyl (C=O) groups is 1. The van der Waals surface area contributed by atoms with Gasteiger partial charge in [-0.1, -0.05) is 42.0 Å². The summed E-state index contributed by atoms with van der Waals surface area (Å²) < 4.78 is 5.38. The lowest BCUT2D eigenvalue weighted by molar-refractivity contribution is 0.102. The van der Waals surface area contributed by atoms with E-state index in [-0.39, 0.29) is 18.2 Å². The van der Waals surface area contributed by atoms with Gasteiger partial charge in [0.05, 0.1) is 6.61 Å². The number of aliphatic hydroxyl groups excluding tert-OH is 1. The van der Waals surface area contributed by atoms with Crippen LogP contribution in [-0.2, 0) is 6.61 Å². The van der Waals surface area contributed by atoms with Crippen molar-refractivity contribution in [1.29, 1.82) is 0 Å². The number of benzene rings is 2. The van der Waals surface area contributed by atoms with Gasteiger partial charge in [0.2, 0.25) is 0 Å². The Labute approximate surface area is 133 Å². The predicted molar refractivity (Wildman–Crippen MR) is 87.0 cm³/mol. The van der Waals surface area contributed by atoms with Gasteiger partial charge >= 0.3 is 0 Å². The molecule has 0 aliphatic carbocycles. The molecule has 0 atom stereocenters. The van der Waals surface area contributed by atoms with E-state index >= 15 is 0 Å². The lowest BCUT2D eigenvalue weighted by atomic mass is 10.1. The lowest BCUT2D eigenvalue weighted by Crippen LogP contribution is -2.13. The van der Waals surface area contributed by atoms with E-state index < -0.39 is 0 Å². The third kappa shape index (κ3) is 3.30. The Morgan fingerprint density at radius 3 is 2.74 bits per heavy atom. The third-order valence-corrected chi connectivity index (χ3v) is 3.46. The van der Waals surface area contributed by atoms with E-state index in [1.54, 1.807) is 24.3 Å². The van der Waals surface area contributed by atoms with Crippen molar-refractivity contribution < 1.29 is 14.3 Å². The lowest BCUT2D eigenvalue weighted by Gasteiger charge is -2.06.